The minimum atomic E-state index is -0.844. The lowest BCUT2D eigenvalue weighted by atomic mass is 10.1. The van der Waals surface area contributed by atoms with Crippen molar-refractivity contribution in [3.63, 3.8) is 0 Å². The number of carboxylic acids is 1. The summed E-state index contributed by atoms with van der Waals surface area (Å²) in [5.74, 6) is -0.521. The normalized spacial score (nSPS) is 11.5. The summed E-state index contributed by atoms with van der Waals surface area (Å²) in [6.45, 7) is 12.3. The van der Waals surface area contributed by atoms with Gasteiger partial charge in [-0.05, 0) is 37.1 Å². The number of carbonyl (C=O) groups excluding carboxylic acids is 1. The molecule has 0 radical (unpaired) electrons. The van der Waals surface area contributed by atoms with Gasteiger partial charge in [-0.1, -0.05) is 84.2 Å². The molecule has 0 aliphatic rings. The molecule has 3 rings (SSSR count). The Bertz CT molecular complexity index is 1270. The number of unbranched alkanes of at least 4 members (excludes halogenated alkanes) is 2. The number of hydrogen-bond donors (Lipinski definition) is 1. The van der Waals surface area contributed by atoms with E-state index in [1.54, 1.807) is 4.90 Å². The van der Waals surface area contributed by atoms with Crippen molar-refractivity contribution in [3.8, 4) is 11.3 Å². The van der Waals surface area contributed by atoms with Crippen LogP contribution in [0, 0.1) is 5.92 Å². The van der Waals surface area contributed by atoms with Crippen LogP contribution in [-0.4, -0.2) is 38.3 Å². The first-order chi connectivity index (χ1) is 19.2. The molecule has 1 amide bonds. The van der Waals surface area contributed by atoms with Crippen LogP contribution in [0.5, 0.6) is 0 Å². The van der Waals surface area contributed by atoms with Crippen molar-refractivity contribution in [2.75, 3.05) is 11.4 Å². The molecule has 0 spiro atoms. The Hall–Kier alpha value is -3.39. The van der Waals surface area contributed by atoms with Crippen molar-refractivity contribution in [3.05, 3.63) is 76.8 Å². The molecule has 40 heavy (non-hydrogen) atoms. The molecular weight excluding hydrogens is 522 g/mol. The second-order valence-corrected chi connectivity index (χ2v) is 11.0. The number of aromatic nitrogens is 2. The van der Waals surface area contributed by atoms with Crippen LogP contribution in [0.25, 0.3) is 11.3 Å². The molecule has 216 valence electrons. The Labute approximate surface area is 242 Å². The second kappa shape index (κ2) is 16.7. The first-order valence-corrected chi connectivity index (χ1v) is 15.0. The van der Waals surface area contributed by atoms with Gasteiger partial charge in [-0.2, -0.15) is 0 Å². The maximum absolute atomic E-state index is 13.2. The highest BCUT2D eigenvalue weighted by molar-refractivity contribution is 8.00. The average Bonchev–Trinajstić information content (AvgIpc) is 2.94. The molecule has 3 aromatic rings. The largest absolute Gasteiger partial charge is 0.480 e. The van der Waals surface area contributed by atoms with Gasteiger partial charge in [0.1, 0.15) is 17.6 Å². The highest BCUT2D eigenvalue weighted by Gasteiger charge is 2.23. The molecule has 0 saturated heterocycles. The van der Waals surface area contributed by atoms with E-state index in [-0.39, 0.29) is 23.9 Å². The first-order valence-electron chi connectivity index (χ1n) is 14.1. The van der Waals surface area contributed by atoms with E-state index in [0.29, 0.717) is 30.2 Å². The van der Waals surface area contributed by atoms with Crippen LogP contribution in [0.2, 0.25) is 0 Å². The molecule has 7 nitrogen and oxygen atoms in total. The molecule has 0 saturated carbocycles. The quantitative estimate of drug-likeness (QED) is 0.240. The minimum Gasteiger partial charge on any atom is -0.480 e. The van der Waals surface area contributed by atoms with Gasteiger partial charge in [0.15, 0.2) is 0 Å². The molecule has 0 fully saturated rings. The molecule has 2 aromatic carbocycles. The first kappa shape index (κ1) is 32.8. The van der Waals surface area contributed by atoms with Crippen LogP contribution >= 0.6 is 11.8 Å². The predicted octanol–water partition coefficient (Wildman–Crippen LogP) is 6.92. The molecule has 1 N–H and O–H groups in total. The lowest BCUT2D eigenvalue weighted by Crippen LogP contribution is -2.37. The van der Waals surface area contributed by atoms with Gasteiger partial charge in [-0.3, -0.25) is 19.0 Å². The Morgan fingerprint density at radius 3 is 2.08 bits per heavy atom. The number of thioether (sulfide) groups is 1. The molecule has 0 aliphatic carbocycles. The van der Waals surface area contributed by atoms with E-state index in [1.807, 2.05) is 82.3 Å². The lowest BCUT2D eigenvalue weighted by Gasteiger charge is -2.23. The van der Waals surface area contributed by atoms with Crippen LogP contribution in [0.4, 0.5) is 5.69 Å². The SMILES string of the molecule is CCCCC.CCc1nc(-c2ccccc2)cc(=O)n1CC(=O)N(CC)c1ccc(SC(C(=O)O)C(C)C)cc1. The predicted molar refractivity (Wildman–Crippen MR) is 165 cm³/mol. The summed E-state index contributed by atoms with van der Waals surface area (Å²) in [7, 11) is 0. The summed E-state index contributed by atoms with van der Waals surface area (Å²) < 4.78 is 1.43. The maximum atomic E-state index is 13.2. The number of carboxylic acid groups (broad SMARTS) is 1. The smallest absolute Gasteiger partial charge is 0.317 e. The summed E-state index contributed by atoms with van der Waals surface area (Å²) in [4.78, 5) is 44.7. The Kier molecular flexibility index (Phi) is 13.7. The summed E-state index contributed by atoms with van der Waals surface area (Å²) in [6, 6.07) is 18.2. The van der Waals surface area contributed by atoms with Crippen LogP contribution in [-0.2, 0) is 22.6 Å². The Balaban J connectivity index is 0.00000103. The van der Waals surface area contributed by atoms with E-state index in [2.05, 4.69) is 18.8 Å². The number of rotatable bonds is 12. The van der Waals surface area contributed by atoms with Gasteiger partial charge in [0.05, 0.1) is 5.69 Å². The van der Waals surface area contributed by atoms with E-state index in [4.69, 9.17) is 0 Å². The number of likely N-dealkylation sites (N-methyl/N-ethyl adjacent to an activating group) is 1. The third-order valence-electron chi connectivity index (χ3n) is 6.35. The van der Waals surface area contributed by atoms with Crippen molar-refractivity contribution < 1.29 is 14.7 Å². The maximum Gasteiger partial charge on any atom is 0.317 e. The fourth-order valence-electron chi connectivity index (χ4n) is 4.15. The van der Waals surface area contributed by atoms with E-state index in [1.165, 1.54) is 41.7 Å². The number of carbonyl (C=O) groups is 2. The van der Waals surface area contributed by atoms with Gasteiger partial charge in [-0.25, -0.2) is 4.98 Å². The summed E-state index contributed by atoms with van der Waals surface area (Å²) >= 11 is 1.29. The van der Waals surface area contributed by atoms with E-state index < -0.39 is 11.2 Å². The summed E-state index contributed by atoms with van der Waals surface area (Å²) in [5, 5.41) is 8.89. The Morgan fingerprint density at radius 2 is 1.60 bits per heavy atom. The third-order valence-corrected chi connectivity index (χ3v) is 7.90. The van der Waals surface area contributed by atoms with Gasteiger partial charge in [-0.15, -0.1) is 11.8 Å². The average molecular weight is 566 g/mol. The number of hydrogen-bond acceptors (Lipinski definition) is 5. The van der Waals surface area contributed by atoms with E-state index in [9.17, 15) is 19.5 Å². The highest BCUT2D eigenvalue weighted by atomic mass is 32.2. The van der Waals surface area contributed by atoms with Gasteiger partial charge < -0.3 is 10.0 Å². The molecule has 8 heteroatoms. The fourth-order valence-corrected chi connectivity index (χ4v) is 5.11. The monoisotopic (exact) mass is 565 g/mol. The van der Waals surface area contributed by atoms with Crippen LogP contribution in [0.1, 0.15) is 66.6 Å². The lowest BCUT2D eigenvalue weighted by molar-refractivity contribution is -0.137. The molecule has 1 aromatic heterocycles. The number of aliphatic carboxylic acids is 1. The van der Waals surface area contributed by atoms with Gasteiger partial charge in [0, 0.05) is 35.2 Å². The number of amides is 1. The van der Waals surface area contributed by atoms with Crippen LogP contribution in [0.3, 0.4) is 0 Å². The fraction of sp³-hybridized carbons (Fsp3) is 0.438. The standard InChI is InChI=1S/C27H31N3O4S.C5H12/c1-5-23-28-22(19-10-8-7-9-11-19)16-24(31)30(23)17-25(32)29(6-2)20-12-14-21(15-13-20)35-26(18(3)4)27(33)34;1-3-5-4-2/h7-16,18,26H,5-6,17H2,1-4H3,(H,33,34);3-5H2,1-2H3. The van der Waals surface area contributed by atoms with Crippen LogP contribution < -0.4 is 10.5 Å². The zero-order chi connectivity index (χ0) is 29.7. The molecule has 0 aliphatic heterocycles. The minimum absolute atomic E-state index is 0.0149. The van der Waals surface area contributed by atoms with E-state index in [0.717, 1.165) is 10.5 Å². The zero-order valence-electron chi connectivity index (χ0n) is 24.6. The Morgan fingerprint density at radius 1 is 0.975 bits per heavy atom. The second-order valence-electron chi connectivity index (χ2n) is 9.81. The van der Waals surface area contributed by atoms with Crippen molar-refractivity contribution >= 4 is 29.3 Å². The molecular formula is C32H43N3O4S. The number of benzene rings is 2. The summed E-state index contributed by atoms with van der Waals surface area (Å²) in [5.41, 5.74) is 1.88. The number of anilines is 1. The topological polar surface area (TPSA) is 92.5 Å². The molecule has 1 atom stereocenters. The third kappa shape index (κ3) is 9.37. The highest BCUT2D eigenvalue weighted by Crippen LogP contribution is 2.30. The van der Waals surface area contributed by atoms with Crippen LogP contribution in [0.15, 0.2) is 70.4 Å². The van der Waals surface area contributed by atoms with Crippen molar-refractivity contribution in [1.29, 1.82) is 0 Å². The van der Waals surface area contributed by atoms with Crippen molar-refractivity contribution in [2.45, 2.75) is 83.9 Å². The number of nitrogens with zero attached hydrogens (tertiary/aromatic N) is 3. The molecule has 1 heterocycles. The van der Waals surface area contributed by atoms with E-state index >= 15 is 0 Å². The van der Waals surface area contributed by atoms with Gasteiger partial charge >= 0.3 is 5.97 Å². The van der Waals surface area contributed by atoms with Crippen molar-refractivity contribution in [2.24, 2.45) is 5.92 Å². The number of aryl methyl sites for hydroxylation is 1. The van der Waals surface area contributed by atoms with Gasteiger partial charge in [0.25, 0.3) is 5.56 Å². The van der Waals surface area contributed by atoms with Gasteiger partial charge in [0.2, 0.25) is 5.91 Å². The molecule has 0 bridgehead atoms. The van der Waals surface area contributed by atoms with Crippen molar-refractivity contribution in [1.82, 2.24) is 9.55 Å². The summed E-state index contributed by atoms with van der Waals surface area (Å²) in [6.07, 6.45) is 4.59. The molecule has 1 unspecified atom stereocenters. The zero-order valence-corrected chi connectivity index (χ0v) is 25.4.